The number of ether oxygens (including phenoxy) is 1. The van der Waals surface area contributed by atoms with Gasteiger partial charge >= 0.3 is 0 Å². The number of rotatable bonds is 2. The lowest BCUT2D eigenvalue weighted by molar-refractivity contribution is -0.179. The van der Waals surface area contributed by atoms with E-state index in [-0.39, 0.29) is 5.91 Å². The van der Waals surface area contributed by atoms with E-state index in [9.17, 15) is 9.90 Å². The van der Waals surface area contributed by atoms with E-state index in [0.29, 0.717) is 39.0 Å². The second-order valence-electron chi connectivity index (χ2n) is 7.20. The molecule has 1 atom stereocenters. The maximum absolute atomic E-state index is 12.8. The summed E-state index contributed by atoms with van der Waals surface area (Å²) in [7, 11) is 0. The molecule has 2 fully saturated rings. The van der Waals surface area contributed by atoms with Crippen molar-refractivity contribution in [1.82, 2.24) is 14.3 Å². The van der Waals surface area contributed by atoms with Crippen LogP contribution in [0.15, 0.2) is 24.4 Å². The van der Waals surface area contributed by atoms with Gasteiger partial charge in [-0.3, -0.25) is 4.79 Å². The van der Waals surface area contributed by atoms with Crippen LogP contribution in [0.3, 0.4) is 0 Å². The van der Waals surface area contributed by atoms with Crippen molar-refractivity contribution in [2.45, 2.75) is 50.7 Å². The summed E-state index contributed by atoms with van der Waals surface area (Å²) < 4.78 is 7.92. The number of hydrogen-bond donors (Lipinski definition) is 1. The van der Waals surface area contributed by atoms with Crippen LogP contribution >= 0.6 is 0 Å². The Balaban J connectivity index is 1.45. The Labute approximate surface area is 147 Å². The number of hydrogen-bond acceptors (Lipinski definition) is 4. The average molecular weight is 343 g/mol. The summed E-state index contributed by atoms with van der Waals surface area (Å²) in [5, 5.41) is 10.3. The molecule has 1 unspecified atom stereocenters. The Morgan fingerprint density at radius 1 is 1.40 bits per heavy atom. The molecule has 1 amide bonds. The number of fused-ring (bicyclic) bond motifs is 1. The normalized spacial score (nSPS) is 23.3. The standard InChI is InChI=1S/C19H25N3O3/c1-14-15(22-9-3-2-6-17(22)20-14)13-18(24)21-10-7-19(8-11-21)16(23)5-4-12-25-19/h2-3,6,9,16,23H,4-5,7-8,10-13H2,1H3. The first-order valence-corrected chi connectivity index (χ1v) is 9.11. The number of carbonyl (C=O) groups is 1. The van der Waals surface area contributed by atoms with Crippen molar-refractivity contribution < 1.29 is 14.6 Å². The molecule has 1 spiro atoms. The quantitative estimate of drug-likeness (QED) is 0.902. The third kappa shape index (κ3) is 2.93. The molecule has 6 heteroatoms. The largest absolute Gasteiger partial charge is 0.390 e. The third-order valence-electron chi connectivity index (χ3n) is 5.73. The van der Waals surface area contributed by atoms with Crippen molar-refractivity contribution in [2.75, 3.05) is 19.7 Å². The zero-order valence-corrected chi connectivity index (χ0v) is 14.6. The molecule has 6 nitrogen and oxygen atoms in total. The van der Waals surface area contributed by atoms with Crippen LogP contribution in [-0.4, -0.2) is 56.7 Å². The van der Waals surface area contributed by atoms with E-state index in [2.05, 4.69) is 4.98 Å². The zero-order chi connectivity index (χ0) is 17.4. The van der Waals surface area contributed by atoms with Crippen LogP contribution in [0.4, 0.5) is 0 Å². The fourth-order valence-corrected chi connectivity index (χ4v) is 4.16. The Bertz CT molecular complexity index is 777. The maximum atomic E-state index is 12.8. The second-order valence-corrected chi connectivity index (χ2v) is 7.20. The number of pyridine rings is 1. The van der Waals surface area contributed by atoms with E-state index in [0.717, 1.165) is 29.9 Å². The number of nitrogens with zero attached hydrogens (tertiary/aromatic N) is 3. The third-order valence-corrected chi connectivity index (χ3v) is 5.73. The summed E-state index contributed by atoms with van der Waals surface area (Å²) in [6.45, 7) is 3.95. The Hall–Kier alpha value is -1.92. The van der Waals surface area contributed by atoms with Gasteiger partial charge in [-0.1, -0.05) is 6.07 Å². The number of aliphatic hydroxyl groups is 1. The van der Waals surface area contributed by atoms with Gasteiger partial charge in [0.1, 0.15) is 5.65 Å². The lowest BCUT2D eigenvalue weighted by atomic mass is 9.82. The summed E-state index contributed by atoms with van der Waals surface area (Å²) in [5.74, 6) is 0.119. The molecule has 2 aliphatic heterocycles. The molecule has 25 heavy (non-hydrogen) atoms. The lowest BCUT2D eigenvalue weighted by Gasteiger charge is -2.46. The van der Waals surface area contributed by atoms with Crippen LogP contribution < -0.4 is 0 Å². The molecule has 2 aromatic heterocycles. The molecule has 0 radical (unpaired) electrons. The fourth-order valence-electron chi connectivity index (χ4n) is 4.16. The van der Waals surface area contributed by atoms with Gasteiger partial charge in [-0.15, -0.1) is 0 Å². The summed E-state index contributed by atoms with van der Waals surface area (Å²) in [4.78, 5) is 19.2. The second kappa shape index (κ2) is 6.42. The zero-order valence-electron chi connectivity index (χ0n) is 14.6. The molecule has 134 valence electrons. The topological polar surface area (TPSA) is 67.1 Å². The molecule has 2 saturated heterocycles. The van der Waals surface area contributed by atoms with Crippen molar-refractivity contribution in [2.24, 2.45) is 0 Å². The van der Waals surface area contributed by atoms with E-state index < -0.39 is 11.7 Å². The van der Waals surface area contributed by atoms with Gasteiger partial charge in [0.05, 0.1) is 29.5 Å². The number of imidazole rings is 1. The van der Waals surface area contributed by atoms with Crippen molar-refractivity contribution >= 4 is 11.6 Å². The van der Waals surface area contributed by atoms with Crippen LogP contribution in [0.25, 0.3) is 5.65 Å². The van der Waals surface area contributed by atoms with Gasteiger partial charge in [0.25, 0.3) is 0 Å². The molecule has 2 aromatic rings. The molecule has 0 bridgehead atoms. The van der Waals surface area contributed by atoms with Crippen molar-refractivity contribution in [3.63, 3.8) is 0 Å². The van der Waals surface area contributed by atoms with Crippen molar-refractivity contribution in [3.05, 3.63) is 35.8 Å². The van der Waals surface area contributed by atoms with Gasteiger partial charge in [0.2, 0.25) is 5.91 Å². The maximum Gasteiger partial charge on any atom is 0.228 e. The predicted octanol–water partition coefficient (Wildman–Crippen LogP) is 1.72. The number of carbonyl (C=O) groups excluding carboxylic acids is 1. The summed E-state index contributed by atoms with van der Waals surface area (Å²) in [5.41, 5.74) is 2.29. The highest BCUT2D eigenvalue weighted by Gasteiger charge is 2.44. The van der Waals surface area contributed by atoms with E-state index in [1.165, 1.54) is 0 Å². The minimum Gasteiger partial charge on any atom is -0.390 e. The van der Waals surface area contributed by atoms with Crippen LogP contribution in [0.2, 0.25) is 0 Å². The molecule has 0 saturated carbocycles. The highest BCUT2D eigenvalue weighted by atomic mass is 16.5. The number of likely N-dealkylation sites (tertiary alicyclic amines) is 1. The van der Waals surface area contributed by atoms with E-state index in [4.69, 9.17) is 4.74 Å². The summed E-state index contributed by atoms with van der Waals surface area (Å²) >= 11 is 0. The van der Waals surface area contributed by atoms with Gasteiger partial charge in [0, 0.05) is 25.9 Å². The van der Waals surface area contributed by atoms with Crippen molar-refractivity contribution in [3.8, 4) is 0 Å². The van der Waals surface area contributed by atoms with Crippen molar-refractivity contribution in [1.29, 1.82) is 0 Å². The Morgan fingerprint density at radius 3 is 2.96 bits per heavy atom. The number of aryl methyl sites for hydroxylation is 1. The van der Waals surface area contributed by atoms with Gasteiger partial charge in [-0.2, -0.15) is 0 Å². The molecule has 4 heterocycles. The number of piperidine rings is 1. The van der Waals surface area contributed by atoms with E-state index >= 15 is 0 Å². The summed E-state index contributed by atoms with van der Waals surface area (Å²) in [6, 6.07) is 5.86. The highest BCUT2D eigenvalue weighted by Crippen LogP contribution is 2.35. The number of amides is 1. The Kier molecular flexibility index (Phi) is 4.25. The van der Waals surface area contributed by atoms with Crippen LogP contribution in [0.1, 0.15) is 37.1 Å². The molecule has 1 N–H and O–H groups in total. The molecule has 4 rings (SSSR count). The van der Waals surface area contributed by atoms with Gasteiger partial charge in [-0.05, 0) is 44.7 Å². The van der Waals surface area contributed by atoms with Gasteiger partial charge < -0.3 is 19.1 Å². The molecule has 0 aromatic carbocycles. The SMILES string of the molecule is Cc1nc2ccccn2c1CC(=O)N1CCC2(CC1)OCCCC2O. The van der Waals surface area contributed by atoms with Crippen LogP contribution in [0, 0.1) is 6.92 Å². The first-order valence-electron chi connectivity index (χ1n) is 9.11. The number of aromatic nitrogens is 2. The van der Waals surface area contributed by atoms with Gasteiger partial charge in [-0.25, -0.2) is 4.98 Å². The molecular formula is C19H25N3O3. The lowest BCUT2D eigenvalue weighted by Crippen LogP contribution is -2.56. The molecule has 2 aliphatic rings. The molecular weight excluding hydrogens is 318 g/mol. The minimum atomic E-state index is -0.436. The summed E-state index contributed by atoms with van der Waals surface area (Å²) in [6.07, 6.45) is 5.05. The number of aliphatic hydroxyl groups excluding tert-OH is 1. The first kappa shape index (κ1) is 16.5. The molecule has 0 aliphatic carbocycles. The van der Waals surface area contributed by atoms with E-state index in [1.54, 1.807) is 0 Å². The van der Waals surface area contributed by atoms with Crippen LogP contribution in [0.5, 0.6) is 0 Å². The minimum absolute atomic E-state index is 0.119. The monoisotopic (exact) mass is 343 g/mol. The smallest absolute Gasteiger partial charge is 0.228 e. The predicted molar refractivity (Wildman–Crippen MR) is 93.4 cm³/mol. The fraction of sp³-hybridized carbons (Fsp3) is 0.579. The average Bonchev–Trinajstić information content (AvgIpc) is 2.94. The highest BCUT2D eigenvalue weighted by molar-refractivity contribution is 5.79. The first-order chi connectivity index (χ1) is 12.1. The van der Waals surface area contributed by atoms with Crippen LogP contribution in [-0.2, 0) is 16.0 Å². The Morgan fingerprint density at radius 2 is 2.20 bits per heavy atom. The van der Waals surface area contributed by atoms with Gasteiger partial charge in [0.15, 0.2) is 0 Å². The van der Waals surface area contributed by atoms with E-state index in [1.807, 2.05) is 40.6 Å².